The lowest BCUT2D eigenvalue weighted by Gasteiger charge is -2.23. The number of hydrogen-bond donors (Lipinski definition) is 2. The Labute approximate surface area is 268 Å². The molecule has 0 radical (unpaired) electrons. The highest BCUT2D eigenvalue weighted by Crippen LogP contribution is 2.29. The van der Waals surface area contributed by atoms with Gasteiger partial charge in [-0.15, -0.1) is 0 Å². The smallest absolute Gasteiger partial charge is 0.313 e. The molecule has 0 saturated carbocycles. The van der Waals surface area contributed by atoms with Crippen LogP contribution >= 0.6 is 0 Å². The average Bonchev–Trinajstić information content (AvgIpc) is 3.46. The van der Waals surface area contributed by atoms with Gasteiger partial charge in [-0.3, -0.25) is 9.59 Å². The molecule has 5 aromatic rings. The Morgan fingerprint density at radius 3 is 2.13 bits per heavy atom. The Hall–Kier alpha value is -5.13. The molecule has 0 bridgehead atoms. The van der Waals surface area contributed by atoms with E-state index in [2.05, 4.69) is 20.2 Å². The number of amides is 2. The van der Waals surface area contributed by atoms with E-state index in [4.69, 9.17) is 4.52 Å². The second-order valence-corrected chi connectivity index (χ2v) is 13.5. The van der Waals surface area contributed by atoms with Crippen molar-refractivity contribution in [1.82, 2.24) is 19.8 Å². The van der Waals surface area contributed by atoms with E-state index in [-0.39, 0.29) is 18.0 Å². The van der Waals surface area contributed by atoms with E-state index < -0.39 is 27.4 Å². The van der Waals surface area contributed by atoms with Crippen molar-refractivity contribution in [3.63, 3.8) is 0 Å². The molecule has 1 aromatic heterocycles. The minimum atomic E-state index is -3.80. The van der Waals surface area contributed by atoms with Crippen molar-refractivity contribution in [3.8, 4) is 22.5 Å². The van der Waals surface area contributed by atoms with Crippen LogP contribution in [-0.4, -0.2) is 40.8 Å². The number of aryl methyl sites for hydroxylation is 1. The van der Waals surface area contributed by atoms with Gasteiger partial charge < -0.3 is 14.7 Å². The zero-order valence-corrected chi connectivity index (χ0v) is 26.8. The van der Waals surface area contributed by atoms with Crippen molar-refractivity contribution in [3.05, 3.63) is 120 Å². The van der Waals surface area contributed by atoms with E-state index in [1.807, 2.05) is 54.6 Å². The number of aromatic nitrogens is 2. The summed E-state index contributed by atoms with van der Waals surface area (Å²) in [5.74, 6) is -0.630. The molecule has 0 unspecified atom stereocenters. The van der Waals surface area contributed by atoms with Crippen LogP contribution in [0.5, 0.6) is 0 Å². The number of nitrogens with one attached hydrogen (secondary N) is 2. The fourth-order valence-corrected chi connectivity index (χ4v) is 6.56. The number of carbonyl (C=O) groups excluding carboxylic acids is 2. The third kappa shape index (κ3) is 8.12. The second-order valence-electron chi connectivity index (χ2n) is 11.9. The number of carbonyl (C=O) groups is 2. The Bertz CT molecular complexity index is 1950. The number of rotatable bonds is 9. The van der Waals surface area contributed by atoms with E-state index in [1.54, 1.807) is 76.2 Å². The first-order chi connectivity index (χ1) is 21.9. The molecule has 10 nitrogen and oxygen atoms in total. The third-order valence-electron chi connectivity index (χ3n) is 6.85. The van der Waals surface area contributed by atoms with Gasteiger partial charge in [0.05, 0.1) is 4.90 Å². The second kappa shape index (κ2) is 13.5. The predicted molar refractivity (Wildman–Crippen MR) is 176 cm³/mol. The molecular weight excluding hydrogens is 602 g/mol. The number of sulfonamides is 1. The maximum absolute atomic E-state index is 13.6. The van der Waals surface area contributed by atoms with Crippen molar-refractivity contribution in [2.75, 3.05) is 5.32 Å². The van der Waals surface area contributed by atoms with E-state index in [1.165, 1.54) is 4.90 Å². The first-order valence-electron chi connectivity index (χ1n) is 14.7. The average molecular weight is 638 g/mol. The first kappa shape index (κ1) is 32.3. The van der Waals surface area contributed by atoms with E-state index in [0.717, 1.165) is 16.7 Å². The van der Waals surface area contributed by atoms with Crippen LogP contribution in [0, 0.1) is 6.92 Å². The molecule has 2 amide bonds. The molecule has 0 aliphatic carbocycles. The molecule has 46 heavy (non-hydrogen) atoms. The fourth-order valence-electron chi connectivity index (χ4n) is 4.91. The van der Waals surface area contributed by atoms with Crippen molar-refractivity contribution >= 4 is 27.5 Å². The van der Waals surface area contributed by atoms with Gasteiger partial charge in [-0.25, -0.2) is 13.1 Å². The first-order valence-corrected chi connectivity index (χ1v) is 16.1. The lowest BCUT2D eigenvalue weighted by molar-refractivity contribution is -0.144. The molecule has 0 aliphatic rings. The third-order valence-corrected chi connectivity index (χ3v) is 8.67. The van der Waals surface area contributed by atoms with Gasteiger partial charge >= 0.3 is 11.8 Å². The molecule has 236 valence electrons. The highest BCUT2D eigenvalue weighted by molar-refractivity contribution is 7.89. The molecular formula is C35H35N5O5S. The number of anilines is 1. The van der Waals surface area contributed by atoms with Crippen molar-refractivity contribution in [1.29, 1.82) is 0 Å². The number of benzene rings is 4. The molecule has 1 heterocycles. The normalized spacial score (nSPS) is 11.7. The molecule has 0 aliphatic heterocycles. The van der Waals surface area contributed by atoms with E-state index in [9.17, 15) is 18.0 Å². The number of hydrogen-bond acceptors (Lipinski definition) is 7. The summed E-state index contributed by atoms with van der Waals surface area (Å²) in [6.45, 7) is 7.43. The van der Waals surface area contributed by atoms with Crippen LogP contribution in [0.25, 0.3) is 22.5 Å². The van der Waals surface area contributed by atoms with Gasteiger partial charge in [0.2, 0.25) is 21.7 Å². The van der Waals surface area contributed by atoms with Crippen LogP contribution in [-0.2, 0) is 32.7 Å². The summed E-state index contributed by atoms with van der Waals surface area (Å²) in [4.78, 5) is 32.7. The topological polar surface area (TPSA) is 134 Å². The SMILES string of the molecule is Cc1nc(-c2cccc(CN(Cc3ccccc3)C(=O)C(=O)Nc3ccc(-c4ccccc4S(=O)(=O)NC(C)(C)C)cc3)c2)no1. The highest BCUT2D eigenvalue weighted by atomic mass is 32.2. The molecule has 2 N–H and O–H groups in total. The van der Waals surface area contributed by atoms with E-state index >= 15 is 0 Å². The van der Waals surface area contributed by atoms with Gasteiger partial charge in [-0.1, -0.05) is 84.0 Å². The number of nitrogens with zero attached hydrogens (tertiary/aromatic N) is 3. The summed E-state index contributed by atoms with van der Waals surface area (Å²) in [6, 6.07) is 30.2. The van der Waals surface area contributed by atoms with E-state index in [0.29, 0.717) is 28.5 Å². The van der Waals surface area contributed by atoms with Crippen molar-refractivity contribution in [2.45, 2.75) is 51.2 Å². The summed E-state index contributed by atoms with van der Waals surface area (Å²) in [5, 5.41) is 6.67. The molecule has 0 spiro atoms. The predicted octanol–water partition coefficient (Wildman–Crippen LogP) is 5.96. The molecule has 11 heteroatoms. The lowest BCUT2D eigenvalue weighted by atomic mass is 10.1. The minimum Gasteiger partial charge on any atom is -0.339 e. The maximum Gasteiger partial charge on any atom is 0.313 e. The van der Waals surface area contributed by atoms with Crippen LogP contribution < -0.4 is 10.0 Å². The Kier molecular flexibility index (Phi) is 9.45. The van der Waals surface area contributed by atoms with Crippen molar-refractivity contribution < 1.29 is 22.5 Å². The van der Waals surface area contributed by atoms with Crippen LogP contribution in [0.1, 0.15) is 37.8 Å². The monoisotopic (exact) mass is 637 g/mol. The summed E-state index contributed by atoms with van der Waals surface area (Å²) >= 11 is 0. The molecule has 0 saturated heterocycles. The van der Waals surface area contributed by atoms with Gasteiger partial charge in [0.25, 0.3) is 0 Å². The summed E-state index contributed by atoms with van der Waals surface area (Å²) in [7, 11) is -3.80. The zero-order valence-electron chi connectivity index (χ0n) is 26.0. The largest absolute Gasteiger partial charge is 0.339 e. The van der Waals surface area contributed by atoms with Crippen LogP contribution in [0.15, 0.2) is 113 Å². The zero-order chi connectivity index (χ0) is 32.9. The van der Waals surface area contributed by atoms with Crippen LogP contribution in [0.4, 0.5) is 5.69 Å². The van der Waals surface area contributed by atoms with Crippen LogP contribution in [0.3, 0.4) is 0 Å². The van der Waals surface area contributed by atoms with Gasteiger partial charge in [-0.2, -0.15) is 4.98 Å². The molecule has 4 aromatic carbocycles. The maximum atomic E-state index is 13.6. The minimum absolute atomic E-state index is 0.145. The Morgan fingerprint density at radius 1 is 0.804 bits per heavy atom. The van der Waals surface area contributed by atoms with Gasteiger partial charge in [0.15, 0.2) is 0 Å². The summed E-state index contributed by atoms with van der Waals surface area (Å²) in [6.07, 6.45) is 0. The standard InChI is InChI=1S/C35H35N5O5S/c1-24-36-32(38-45-24)28-14-10-13-26(21-28)23-40(22-25-11-6-5-7-12-25)34(42)33(41)37-29-19-17-27(18-20-29)30-15-8-9-16-31(30)46(43,44)39-35(2,3)4/h5-21,39H,22-23H2,1-4H3,(H,37,41). The highest BCUT2D eigenvalue weighted by Gasteiger charge is 2.26. The lowest BCUT2D eigenvalue weighted by Crippen LogP contribution is -2.40. The Balaban J connectivity index is 1.35. The van der Waals surface area contributed by atoms with Gasteiger partial charge in [0.1, 0.15) is 0 Å². The van der Waals surface area contributed by atoms with Crippen LogP contribution in [0.2, 0.25) is 0 Å². The molecule has 0 atom stereocenters. The Morgan fingerprint density at radius 2 is 1.46 bits per heavy atom. The van der Waals surface area contributed by atoms with Gasteiger partial charge in [-0.05, 0) is 61.7 Å². The van der Waals surface area contributed by atoms with Gasteiger partial charge in [0, 0.05) is 42.4 Å². The summed E-state index contributed by atoms with van der Waals surface area (Å²) in [5.41, 5.74) is 3.28. The quantitative estimate of drug-likeness (QED) is 0.191. The van der Waals surface area contributed by atoms with Crippen molar-refractivity contribution in [2.24, 2.45) is 0 Å². The summed E-state index contributed by atoms with van der Waals surface area (Å²) < 4.78 is 34.1. The molecule has 0 fully saturated rings. The molecule has 5 rings (SSSR count). The fraction of sp³-hybridized carbons (Fsp3) is 0.200.